The van der Waals surface area contributed by atoms with Crippen molar-refractivity contribution in [1.29, 1.82) is 0 Å². The van der Waals surface area contributed by atoms with E-state index in [9.17, 15) is 0 Å². The maximum absolute atomic E-state index is 6.08. The van der Waals surface area contributed by atoms with E-state index in [2.05, 4.69) is 45.7 Å². The van der Waals surface area contributed by atoms with Crippen molar-refractivity contribution in [2.45, 2.75) is 64.1 Å². The number of nitrogens with zero attached hydrogens (tertiary/aromatic N) is 1. The molecule has 1 saturated carbocycles. The van der Waals surface area contributed by atoms with Crippen LogP contribution in [0.5, 0.6) is 0 Å². The monoisotopic (exact) mass is 274 g/mol. The molecular weight excluding hydrogens is 251 g/mol. The Kier molecular flexibility index (Phi) is 2.77. The van der Waals surface area contributed by atoms with Gasteiger partial charge in [0.05, 0.1) is 11.2 Å². The third-order valence-electron chi connectivity index (χ3n) is 5.12. The lowest BCUT2D eigenvalue weighted by Crippen LogP contribution is -2.41. The van der Waals surface area contributed by atoms with E-state index in [1.54, 1.807) is 6.20 Å². The Bertz CT molecular complexity index is 537. The van der Waals surface area contributed by atoms with Crippen molar-refractivity contribution in [1.82, 2.24) is 4.98 Å². The summed E-state index contributed by atoms with van der Waals surface area (Å²) >= 11 is 0. The van der Waals surface area contributed by atoms with Crippen LogP contribution in [0, 0.1) is 0 Å². The SMILES string of the molecule is CC1(c2cc(B3OC(C)(C)C(C)(C)O3)cnc2N)CC1. The summed E-state index contributed by atoms with van der Waals surface area (Å²) in [6, 6.07) is 2.11. The van der Waals surface area contributed by atoms with Gasteiger partial charge in [0.2, 0.25) is 0 Å². The van der Waals surface area contributed by atoms with Crippen LogP contribution in [-0.4, -0.2) is 23.3 Å². The van der Waals surface area contributed by atoms with Crippen molar-refractivity contribution in [2.75, 3.05) is 5.73 Å². The molecule has 3 rings (SSSR count). The normalized spacial score (nSPS) is 25.8. The molecule has 1 aromatic heterocycles. The number of anilines is 1. The molecule has 2 fully saturated rings. The zero-order chi connectivity index (χ0) is 14.8. The number of nitrogen functional groups attached to an aromatic ring is 1. The predicted octanol–water partition coefficient (Wildman–Crippen LogP) is 2.01. The number of rotatable bonds is 2. The summed E-state index contributed by atoms with van der Waals surface area (Å²) in [5.41, 5.74) is 7.65. The molecule has 2 aliphatic rings. The Morgan fingerprint density at radius 3 is 2.15 bits per heavy atom. The maximum atomic E-state index is 6.08. The smallest absolute Gasteiger partial charge is 0.399 e. The van der Waals surface area contributed by atoms with Crippen molar-refractivity contribution >= 4 is 18.4 Å². The quantitative estimate of drug-likeness (QED) is 0.838. The second-order valence-electron chi connectivity index (χ2n) is 7.35. The molecule has 1 saturated heterocycles. The van der Waals surface area contributed by atoms with Gasteiger partial charge in [-0.2, -0.15) is 0 Å². The lowest BCUT2D eigenvalue weighted by atomic mass is 9.78. The number of hydrogen-bond acceptors (Lipinski definition) is 4. The van der Waals surface area contributed by atoms with E-state index in [1.165, 1.54) is 12.8 Å². The minimum atomic E-state index is -0.366. The van der Waals surface area contributed by atoms with Gasteiger partial charge in [-0.3, -0.25) is 0 Å². The van der Waals surface area contributed by atoms with Gasteiger partial charge in [-0.05, 0) is 51.5 Å². The minimum absolute atomic E-state index is 0.191. The molecule has 1 aliphatic carbocycles. The molecule has 1 aliphatic heterocycles. The molecule has 0 bridgehead atoms. The molecule has 5 heteroatoms. The first-order chi connectivity index (χ1) is 9.15. The average molecular weight is 274 g/mol. The van der Waals surface area contributed by atoms with E-state index < -0.39 is 0 Å². The number of hydrogen-bond donors (Lipinski definition) is 1. The summed E-state index contributed by atoms with van der Waals surface area (Å²) in [5.74, 6) is 0.630. The summed E-state index contributed by atoms with van der Waals surface area (Å²) in [6.07, 6.45) is 4.12. The van der Waals surface area contributed by atoms with E-state index in [0.717, 1.165) is 11.0 Å². The Labute approximate surface area is 121 Å². The second kappa shape index (κ2) is 3.98. The highest BCUT2D eigenvalue weighted by Crippen LogP contribution is 2.49. The van der Waals surface area contributed by atoms with Crippen molar-refractivity contribution < 1.29 is 9.31 Å². The predicted molar refractivity (Wildman–Crippen MR) is 81.0 cm³/mol. The Morgan fingerprint density at radius 2 is 1.65 bits per heavy atom. The third kappa shape index (κ3) is 2.04. The molecule has 2 heterocycles. The van der Waals surface area contributed by atoms with Gasteiger partial charge in [0, 0.05) is 11.7 Å². The zero-order valence-electron chi connectivity index (χ0n) is 13.0. The molecular formula is C15H23BN2O2. The lowest BCUT2D eigenvalue weighted by Gasteiger charge is -2.32. The van der Waals surface area contributed by atoms with Crippen LogP contribution in [0.3, 0.4) is 0 Å². The number of nitrogens with two attached hydrogens (primary N) is 1. The van der Waals surface area contributed by atoms with Crippen LogP contribution < -0.4 is 11.2 Å². The van der Waals surface area contributed by atoms with Crippen LogP contribution in [0.1, 0.15) is 53.0 Å². The van der Waals surface area contributed by atoms with Crippen LogP contribution in [0.2, 0.25) is 0 Å². The first-order valence-corrected chi connectivity index (χ1v) is 7.26. The summed E-state index contributed by atoms with van der Waals surface area (Å²) in [4.78, 5) is 4.34. The van der Waals surface area contributed by atoms with Crippen molar-refractivity contribution in [3.63, 3.8) is 0 Å². The molecule has 1 aromatic rings. The van der Waals surface area contributed by atoms with Gasteiger partial charge in [-0.1, -0.05) is 13.0 Å². The topological polar surface area (TPSA) is 57.4 Å². The Hall–Kier alpha value is -1.07. The molecule has 20 heavy (non-hydrogen) atoms. The lowest BCUT2D eigenvalue weighted by molar-refractivity contribution is 0.00578. The van der Waals surface area contributed by atoms with Crippen LogP contribution in [0.15, 0.2) is 12.3 Å². The average Bonchev–Trinajstić information content (AvgIpc) is 3.02. The Balaban J connectivity index is 1.93. The second-order valence-corrected chi connectivity index (χ2v) is 7.35. The molecule has 2 N–H and O–H groups in total. The Morgan fingerprint density at radius 1 is 1.10 bits per heavy atom. The molecule has 0 atom stereocenters. The summed E-state index contributed by atoms with van der Waals surface area (Å²) < 4.78 is 12.2. The molecule has 108 valence electrons. The van der Waals surface area contributed by atoms with E-state index >= 15 is 0 Å². The van der Waals surface area contributed by atoms with Crippen LogP contribution >= 0.6 is 0 Å². The van der Waals surface area contributed by atoms with Gasteiger partial charge in [-0.15, -0.1) is 0 Å². The number of aromatic nitrogens is 1. The van der Waals surface area contributed by atoms with Crippen molar-refractivity contribution in [3.05, 3.63) is 17.8 Å². The standard InChI is InChI=1S/C15H23BN2O2/c1-13(2)14(3,4)20-16(19-13)10-8-11(12(17)18-9-10)15(5)6-7-15/h8-9H,6-7H2,1-5H3,(H2,17,18). The van der Waals surface area contributed by atoms with Crippen LogP contribution in [0.25, 0.3) is 0 Å². The highest BCUT2D eigenvalue weighted by Gasteiger charge is 2.52. The van der Waals surface area contributed by atoms with Gasteiger partial charge in [0.1, 0.15) is 5.82 Å². The molecule has 0 aromatic carbocycles. The summed E-state index contributed by atoms with van der Waals surface area (Å²) in [6.45, 7) is 10.5. The van der Waals surface area contributed by atoms with Gasteiger partial charge in [0.15, 0.2) is 0 Å². The van der Waals surface area contributed by atoms with Crippen molar-refractivity contribution in [2.24, 2.45) is 0 Å². The van der Waals surface area contributed by atoms with E-state index in [-0.39, 0.29) is 23.7 Å². The highest BCUT2D eigenvalue weighted by molar-refractivity contribution is 6.62. The van der Waals surface area contributed by atoms with Gasteiger partial charge in [-0.25, -0.2) is 4.98 Å². The molecule has 0 spiro atoms. The third-order valence-corrected chi connectivity index (χ3v) is 5.12. The maximum Gasteiger partial charge on any atom is 0.496 e. The zero-order valence-corrected chi connectivity index (χ0v) is 13.0. The van der Waals surface area contributed by atoms with Gasteiger partial charge < -0.3 is 15.0 Å². The summed E-state index contributed by atoms with van der Waals surface area (Å²) in [5, 5.41) is 0. The van der Waals surface area contributed by atoms with Crippen molar-refractivity contribution in [3.8, 4) is 0 Å². The fourth-order valence-electron chi connectivity index (χ4n) is 2.54. The van der Waals surface area contributed by atoms with Crippen LogP contribution in [-0.2, 0) is 14.7 Å². The van der Waals surface area contributed by atoms with Crippen LogP contribution in [0.4, 0.5) is 5.82 Å². The van der Waals surface area contributed by atoms with Gasteiger partial charge >= 0.3 is 7.12 Å². The molecule has 0 unspecified atom stereocenters. The number of pyridine rings is 1. The largest absolute Gasteiger partial charge is 0.496 e. The fraction of sp³-hybridized carbons (Fsp3) is 0.667. The van der Waals surface area contributed by atoms with E-state index in [0.29, 0.717) is 5.82 Å². The molecule has 0 amide bonds. The first kappa shape index (κ1) is 13.9. The van der Waals surface area contributed by atoms with Gasteiger partial charge in [0.25, 0.3) is 0 Å². The summed E-state index contributed by atoms with van der Waals surface area (Å²) in [7, 11) is -0.366. The first-order valence-electron chi connectivity index (χ1n) is 7.26. The highest BCUT2D eigenvalue weighted by atomic mass is 16.7. The van der Waals surface area contributed by atoms with E-state index in [1.807, 2.05) is 0 Å². The van der Waals surface area contributed by atoms with E-state index in [4.69, 9.17) is 15.0 Å². The molecule has 0 radical (unpaired) electrons. The molecule has 4 nitrogen and oxygen atoms in total. The minimum Gasteiger partial charge on any atom is -0.399 e. The fourth-order valence-corrected chi connectivity index (χ4v) is 2.54.